The average Bonchev–Trinajstić information content (AvgIpc) is 3.52. The Kier molecular flexibility index (Phi) is 8.67. The number of esters is 2. The topological polar surface area (TPSA) is 128 Å². The molecule has 0 aliphatic carbocycles. The SMILES string of the molecule is CCOC(=O)C1=C(COCCN2C(=O)c3ccccc3C2=O)NC(CF)=C(C(=O)OC)C1c1sccc1C=O. The summed E-state index contributed by atoms with van der Waals surface area (Å²) >= 11 is 1.12. The number of aldehydes is 1. The standard InChI is InChI=1S/C27H25FN2O8S/c1-3-38-27(35)21-19(14-37-10-9-30-24(32)16-6-4-5-7-17(16)25(30)33)29-18(12-28)20(26(34)36-2)22(21)23-15(13-31)8-11-39-23/h4-8,11,13,22,29H,3,9-10,12,14H2,1-2H3. The van der Waals surface area contributed by atoms with Crippen LogP contribution in [0.15, 0.2) is 58.3 Å². The molecule has 1 unspecified atom stereocenters. The fourth-order valence-electron chi connectivity index (χ4n) is 4.53. The molecule has 204 valence electrons. The molecule has 0 bridgehead atoms. The molecule has 1 aromatic carbocycles. The van der Waals surface area contributed by atoms with E-state index in [-0.39, 0.29) is 54.5 Å². The van der Waals surface area contributed by atoms with Crippen molar-refractivity contribution in [2.75, 3.05) is 40.1 Å². The molecule has 12 heteroatoms. The van der Waals surface area contributed by atoms with E-state index in [1.165, 1.54) is 6.07 Å². The molecule has 1 atom stereocenters. The molecule has 2 aliphatic rings. The number of hydrogen-bond donors (Lipinski definition) is 1. The van der Waals surface area contributed by atoms with Gasteiger partial charge in [0.15, 0.2) is 6.29 Å². The van der Waals surface area contributed by atoms with E-state index in [0.717, 1.165) is 23.3 Å². The van der Waals surface area contributed by atoms with Crippen LogP contribution in [-0.4, -0.2) is 75.1 Å². The number of alkyl halides is 1. The highest BCUT2D eigenvalue weighted by atomic mass is 32.1. The van der Waals surface area contributed by atoms with Gasteiger partial charge in [0, 0.05) is 10.4 Å². The monoisotopic (exact) mass is 556 g/mol. The number of halogens is 1. The molecule has 2 aromatic rings. The Labute approximate surface area is 227 Å². The van der Waals surface area contributed by atoms with E-state index in [0.29, 0.717) is 22.3 Å². The van der Waals surface area contributed by atoms with Crippen LogP contribution >= 0.6 is 11.3 Å². The summed E-state index contributed by atoms with van der Waals surface area (Å²) in [6.45, 7) is 0.103. The van der Waals surface area contributed by atoms with Crippen LogP contribution in [0, 0.1) is 0 Å². The number of ether oxygens (including phenoxy) is 3. The lowest BCUT2D eigenvalue weighted by Crippen LogP contribution is -2.37. The second-order valence-corrected chi connectivity index (χ2v) is 9.35. The Balaban J connectivity index is 1.63. The predicted molar refractivity (Wildman–Crippen MR) is 137 cm³/mol. The van der Waals surface area contributed by atoms with Crippen molar-refractivity contribution in [1.82, 2.24) is 10.2 Å². The number of allylic oxidation sites excluding steroid dienone is 1. The third kappa shape index (κ3) is 5.25. The Bertz CT molecular complexity index is 1360. The summed E-state index contributed by atoms with van der Waals surface area (Å²) in [6, 6.07) is 8.00. The van der Waals surface area contributed by atoms with Gasteiger partial charge in [0.2, 0.25) is 0 Å². The largest absolute Gasteiger partial charge is 0.466 e. The van der Waals surface area contributed by atoms with Gasteiger partial charge in [-0.25, -0.2) is 14.0 Å². The molecular formula is C27H25FN2O8S. The second kappa shape index (κ2) is 12.1. The van der Waals surface area contributed by atoms with Crippen LogP contribution in [0.25, 0.3) is 0 Å². The van der Waals surface area contributed by atoms with Gasteiger partial charge >= 0.3 is 11.9 Å². The Hall–Kier alpha value is -4.16. The predicted octanol–water partition coefficient (Wildman–Crippen LogP) is 2.77. The van der Waals surface area contributed by atoms with Crippen molar-refractivity contribution in [3.05, 3.63) is 79.8 Å². The summed E-state index contributed by atoms with van der Waals surface area (Å²) in [7, 11) is 1.13. The summed E-state index contributed by atoms with van der Waals surface area (Å²) in [5.41, 5.74) is 0.599. The maximum absolute atomic E-state index is 14.2. The van der Waals surface area contributed by atoms with Crippen molar-refractivity contribution in [3.63, 3.8) is 0 Å². The number of methoxy groups -OCH3 is 1. The fourth-order valence-corrected chi connectivity index (χ4v) is 5.51. The fraction of sp³-hybridized carbons (Fsp3) is 0.296. The number of rotatable bonds is 11. The van der Waals surface area contributed by atoms with Crippen LogP contribution < -0.4 is 5.32 Å². The van der Waals surface area contributed by atoms with E-state index < -0.39 is 36.3 Å². The van der Waals surface area contributed by atoms with Gasteiger partial charge in [-0.15, -0.1) is 11.3 Å². The number of thiophene rings is 1. The van der Waals surface area contributed by atoms with Gasteiger partial charge in [0.25, 0.3) is 11.8 Å². The van der Waals surface area contributed by atoms with Gasteiger partial charge in [0.1, 0.15) is 6.67 Å². The third-order valence-electron chi connectivity index (χ3n) is 6.26. The number of hydrogen-bond acceptors (Lipinski definition) is 10. The minimum Gasteiger partial charge on any atom is -0.466 e. The number of benzene rings is 1. The molecule has 4 rings (SSSR count). The third-order valence-corrected chi connectivity index (χ3v) is 7.26. The molecule has 2 aliphatic heterocycles. The number of dihydropyridines is 1. The van der Waals surface area contributed by atoms with Crippen molar-refractivity contribution in [1.29, 1.82) is 0 Å². The zero-order valence-corrected chi connectivity index (χ0v) is 22.0. The molecule has 0 spiro atoms. The van der Waals surface area contributed by atoms with Gasteiger partial charge in [-0.3, -0.25) is 19.3 Å². The molecule has 39 heavy (non-hydrogen) atoms. The number of amides is 2. The first-order chi connectivity index (χ1) is 18.9. The number of carbonyl (C=O) groups excluding carboxylic acids is 5. The van der Waals surface area contributed by atoms with Crippen molar-refractivity contribution in [3.8, 4) is 0 Å². The lowest BCUT2D eigenvalue weighted by molar-refractivity contribution is -0.139. The highest BCUT2D eigenvalue weighted by Crippen LogP contribution is 2.42. The minimum absolute atomic E-state index is 0.0150. The van der Waals surface area contributed by atoms with Gasteiger partial charge in [0.05, 0.1) is 73.1 Å². The maximum Gasteiger partial charge on any atom is 0.336 e. The Morgan fingerprint density at radius 1 is 1.08 bits per heavy atom. The number of fused-ring (bicyclic) bond motifs is 1. The van der Waals surface area contributed by atoms with Gasteiger partial charge in [-0.2, -0.15) is 0 Å². The summed E-state index contributed by atoms with van der Waals surface area (Å²) in [6.07, 6.45) is 0.582. The molecule has 3 heterocycles. The smallest absolute Gasteiger partial charge is 0.336 e. The van der Waals surface area contributed by atoms with Crippen LogP contribution in [0.4, 0.5) is 4.39 Å². The summed E-state index contributed by atoms with van der Waals surface area (Å²) in [4.78, 5) is 64.4. The lowest BCUT2D eigenvalue weighted by Gasteiger charge is -2.31. The first-order valence-corrected chi connectivity index (χ1v) is 12.9. The van der Waals surface area contributed by atoms with E-state index in [1.54, 1.807) is 36.6 Å². The molecular weight excluding hydrogens is 531 g/mol. The van der Waals surface area contributed by atoms with Crippen molar-refractivity contribution in [2.24, 2.45) is 0 Å². The number of nitrogens with one attached hydrogen (secondary N) is 1. The molecule has 10 nitrogen and oxygen atoms in total. The quantitative estimate of drug-likeness (QED) is 0.192. The number of nitrogens with zero attached hydrogens (tertiary/aromatic N) is 1. The summed E-state index contributed by atoms with van der Waals surface area (Å²) in [5, 5.41) is 4.39. The first kappa shape index (κ1) is 27.9. The Morgan fingerprint density at radius 2 is 1.74 bits per heavy atom. The van der Waals surface area contributed by atoms with Crippen LogP contribution in [0.2, 0.25) is 0 Å². The van der Waals surface area contributed by atoms with E-state index >= 15 is 0 Å². The lowest BCUT2D eigenvalue weighted by atomic mass is 9.83. The maximum atomic E-state index is 14.2. The van der Waals surface area contributed by atoms with E-state index in [1.807, 2.05) is 0 Å². The summed E-state index contributed by atoms with van der Waals surface area (Å²) < 4.78 is 30.1. The Morgan fingerprint density at radius 3 is 2.33 bits per heavy atom. The van der Waals surface area contributed by atoms with Crippen LogP contribution in [-0.2, 0) is 23.8 Å². The zero-order chi connectivity index (χ0) is 28.1. The molecule has 2 amide bonds. The molecule has 0 saturated heterocycles. The number of imide groups is 1. The van der Waals surface area contributed by atoms with Gasteiger partial charge in [-0.05, 0) is 30.5 Å². The molecule has 1 aromatic heterocycles. The average molecular weight is 557 g/mol. The van der Waals surface area contributed by atoms with E-state index in [4.69, 9.17) is 14.2 Å². The van der Waals surface area contributed by atoms with E-state index in [2.05, 4.69) is 5.32 Å². The first-order valence-electron chi connectivity index (χ1n) is 12.0. The van der Waals surface area contributed by atoms with Crippen LogP contribution in [0.5, 0.6) is 0 Å². The van der Waals surface area contributed by atoms with Crippen molar-refractivity contribution in [2.45, 2.75) is 12.8 Å². The van der Waals surface area contributed by atoms with Gasteiger partial charge < -0.3 is 19.5 Å². The van der Waals surface area contributed by atoms with E-state index in [9.17, 15) is 28.4 Å². The van der Waals surface area contributed by atoms with Crippen molar-refractivity contribution < 1.29 is 42.6 Å². The second-order valence-electron chi connectivity index (χ2n) is 8.41. The molecule has 0 saturated carbocycles. The highest BCUT2D eigenvalue weighted by molar-refractivity contribution is 7.10. The zero-order valence-electron chi connectivity index (χ0n) is 21.2. The van der Waals surface area contributed by atoms with Crippen LogP contribution in [0.1, 0.15) is 48.8 Å². The van der Waals surface area contributed by atoms with Crippen molar-refractivity contribution >= 4 is 41.4 Å². The normalized spacial score (nSPS) is 16.8. The van der Waals surface area contributed by atoms with Crippen LogP contribution in [0.3, 0.4) is 0 Å². The minimum atomic E-state index is -1.15. The number of carbonyl (C=O) groups is 5. The molecule has 0 radical (unpaired) electrons. The summed E-state index contributed by atoms with van der Waals surface area (Å²) in [5.74, 6) is -3.70. The highest BCUT2D eigenvalue weighted by Gasteiger charge is 2.41. The van der Waals surface area contributed by atoms with Gasteiger partial charge in [-0.1, -0.05) is 12.1 Å². The molecule has 1 N–H and O–H groups in total. The molecule has 0 fully saturated rings.